The number of anilines is 1. The first kappa shape index (κ1) is 36.0. The first-order chi connectivity index (χ1) is 27.3. The number of carbonyl (C=O) groups excluding carboxylic acids is 4. The molecule has 288 valence electrons. The summed E-state index contributed by atoms with van der Waals surface area (Å²) in [5.74, 6) is -1.06. The van der Waals surface area contributed by atoms with Crippen molar-refractivity contribution in [3.05, 3.63) is 84.3 Å². The highest BCUT2D eigenvalue weighted by Gasteiger charge is 2.45. The molecule has 0 radical (unpaired) electrons. The number of aromatic nitrogens is 3. The number of rotatable bonds is 14. The van der Waals surface area contributed by atoms with Gasteiger partial charge in [-0.15, -0.1) is 0 Å². The van der Waals surface area contributed by atoms with Gasteiger partial charge in [-0.05, 0) is 48.4 Å². The molecule has 1 atom stereocenters. The number of nitrogens with one attached hydrogen (secondary N) is 1. The Morgan fingerprint density at radius 3 is 2.41 bits per heavy atom. The van der Waals surface area contributed by atoms with Crippen LogP contribution in [-0.2, 0) is 30.8 Å². The number of nitrogens with zero attached hydrogens (tertiary/aromatic N) is 5. The second-order valence-corrected chi connectivity index (χ2v) is 14.9. The van der Waals surface area contributed by atoms with Gasteiger partial charge in [-0.25, -0.2) is 4.98 Å². The van der Waals surface area contributed by atoms with Crippen LogP contribution in [0.3, 0.4) is 0 Å². The maximum Gasteiger partial charge on any atom is 0.262 e. The molecule has 0 spiro atoms. The van der Waals surface area contributed by atoms with Crippen molar-refractivity contribution >= 4 is 51.1 Å². The molecular formula is C42H42N6O8. The van der Waals surface area contributed by atoms with Crippen molar-refractivity contribution in [3.8, 4) is 17.0 Å². The number of ether oxygens (including phenoxy) is 4. The van der Waals surface area contributed by atoms with Gasteiger partial charge in [0, 0.05) is 97.5 Å². The first-order valence-corrected chi connectivity index (χ1v) is 19.1. The lowest BCUT2D eigenvalue weighted by molar-refractivity contribution is -0.136. The molecule has 2 aromatic carbocycles. The Balaban J connectivity index is 0.631. The molecule has 3 fully saturated rings. The average Bonchev–Trinajstić information content (AvgIpc) is 3.60. The van der Waals surface area contributed by atoms with Crippen LogP contribution in [0.4, 0.5) is 5.69 Å². The van der Waals surface area contributed by atoms with Crippen LogP contribution in [0.2, 0.25) is 0 Å². The molecule has 5 aromatic rings. The topological polar surface area (TPSA) is 154 Å². The molecule has 0 bridgehead atoms. The Bertz CT molecular complexity index is 2330. The molecular weight excluding hydrogens is 716 g/mol. The molecule has 9 rings (SSSR count). The highest BCUT2D eigenvalue weighted by Crippen LogP contribution is 2.34. The summed E-state index contributed by atoms with van der Waals surface area (Å²) in [4.78, 5) is 62.0. The molecule has 14 nitrogen and oxygen atoms in total. The van der Waals surface area contributed by atoms with E-state index in [0.29, 0.717) is 44.8 Å². The van der Waals surface area contributed by atoms with E-state index in [2.05, 4.69) is 56.1 Å². The third kappa shape index (κ3) is 6.88. The molecule has 3 aromatic heterocycles. The largest absolute Gasteiger partial charge is 0.474 e. The zero-order chi connectivity index (χ0) is 38.3. The summed E-state index contributed by atoms with van der Waals surface area (Å²) in [7, 11) is 2.08. The minimum absolute atomic E-state index is 0.0839. The molecule has 1 unspecified atom stereocenters. The van der Waals surface area contributed by atoms with E-state index in [1.54, 1.807) is 12.1 Å². The van der Waals surface area contributed by atoms with Crippen LogP contribution in [-0.4, -0.2) is 107 Å². The number of piperidine rings is 1. The van der Waals surface area contributed by atoms with Gasteiger partial charge < -0.3 is 28.4 Å². The zero-order valence-electron chi connectivity index (χ0n) is 31.0. The standard InChI is InChI=1S/C42H42N6O8/c1-46-35-10-11-43-21-34(35)31-5-2-26(16-37(31)46)27-3-9-39(44-20-27)56-30-18-29(19-30)55-15-14-53-12-13-54-24-25-22-47(23-25)28-4-6-32-33(17-28)42(52)48(41(32)51)36-7-8-38(49)45-40(36)50/h2-6,9-11,16-17,20-21,25,29-30,36H,7-8,12-15,18-19,22-24H2,1H3,(H,45,49,50)/t29-,30-,36?. The predicted octanol–water partition coefficient (Wildman–Crippen LogP) is 4.29. The van der Waals surface area contributed by atoms with E-state index in [9.17, 15) is 19.2 Å². The Morgan fingerprint density at radius 2 is 1.59 bits per heavy atom. The maximum absolute atomic E-state index is 13.1. The number of pyridine rings is 2. The van der Waals surface area contributed by atoms with Crippen LogP contribution >= 0.6 is 0 Å². The summed E-state index contributed by atoms with van der Waals surface area (Å²) < 4.78 is 25.8. The fraction of sp³-hybridized carbons (Fsp3) is 0.381. The van der Waals surface area contributed by atoms with E-state index >= 15 is 0 Å². The number of fused-ring (bicyclic) bond motifs is 4. The SMILES string of the molecule is Cn1c2ccncc2c2ccc(-c3ccc(O[C@H]4C[C@H](OCCOCCOCC5CN(c6ccc7c(c6)C(=O)N(C6CCC(=O)NC6=O)C7=O)C5)C4)nc3)cc21. The van der Waals surface area contributed by atoms with Gasteiger partial charge in [-0.1, -0.05) is 12.1 Å². The predicted molar refractivity (Wildman–Crippen MR) is 205 cm³/mol. The molecule has 2 saturated heterocycles. The second kappa shape index (κ2) is 15.1. The lowest BCUT2D eigenvalue weighted by Crippen LogP contribution is -2.54. The number of hydrogen-bond donors (Lipinski definition) is 1. The quantitative estimate of drug-likeness (QED) is 0.128. The summed E-state index contributed by atoms with van der Waals surface area (Å²) in [6, 6.07) is 16.7. The van der Waals surface area contributed by atoms with Crippen molar-refractivity contribution in [2.24, 2.45) is 13.0 Å². The van der Waals surface area contributed by atoms with Gasteiger partial charge in [0.1, 0.15) is 12.1 Å². The molecule has 1 saturated carbocycles. The smallest absolute Gasteiger partial charge is 0.262 e. The van der Waals surface area contributed by atoms with Crippen LogP contribution < -0.4 is 15.0 Å². The van der Waals surface area contributed by atoms with Crippen LogP contribution in [0.1, 0.15) is 46.4 Å². The highest BCUT2D eigenvalue weighted by atomic mass is 16.6. The summed E-state index contributed by atoms with van der Waals surface area (Å²) in [6.07, 6.45) is 7.69. The Labute approximate surface area is 322 Å². The van der Waals surface area contributed by atoms with Gasteiger partial charge in [0.2, 0.25) is 17.7 Å². The number of benzene rings is 2. The second-order valence-electron chi connectivity index (χ2n) is 14.9. The van der Waals surface area contributed by atoms with E-state index < -0.39 is 29.7 Å². The van der Waals surface area contributed by atoms with Gasteiger partial charge in [0.25, 0.3) is 11.8 Å². The van der Waals surface area contributed by atoms with Gasteiger partial charge in [-0.3, -0.25) is 34.4 Å². The van der Waals surface area contributed by atoms with Gasteiger partial charge in [0.15, 0.2) is 0 Å². The first-order valence-electron chi connectivity index (χ1n) is 19.1. The molecule has 6 heterocycles. The molecule has 3 aliphatic heterocycles. The summed E-state index contributed by atoms with van der Waals surface area (Å²) in [5.41, 5.74) is 5.86. The Kier molecular flexibility index (Phi) is 9.69. The molecule has 56 heavy (non-hydrogen) atoms. The van der Waals surface area contributed by atoms with Crippen molar-refractivity contribution in [2.45, 2.75) is 43.9 Å². The minimum atomic E-state index is -0.973. The van der Waals surface area contributed by atoms with E-state index in [1.807, 2.05) is 36.8 Å². The van der Waals surface area contributed by atoms with E-state index in [1.165, 1.54) is 5.39 Å². The average molecular weight is 759 g/mol. The third-order valence-corrected chi connectivity index (χ3v) is 11.3. The van der Waals surface area contributed by atoms with Crippen molar-refractivity contribution in [2.75, 3.05) is 51.0 Å². The number of hydrogen-bond acceptors (Lipinski definition) is 11. The van der Waals surface area contributed by atoms with E-state index in [-0.39, 0.29) is 36.2 Å². The number of imide groups is 2. The Hall–Kier alpha value is -5.70. The monoisotopic (exact) mass is 758 g/mol. The van der Waals surface area contributed by atoms with Crippen molar-refractivity contribution in [1.82, 2.24) is 24.8 Å². The van der Waals surface area contributed by atoms with Crippen molar-refractivity contribution in [1.29, 1.82) is 0 Å². The number of amides is 4. The Morgan fingerprint density at radius 1 is 0.786 bits per heavy atom. The normalized spacial score (nSPS) is 21.1. The van der Waals surface area contributed by atoms with Crippen molar-refractivity contribution in [3.63, 3.8) is 0 Å². The third-order valence-electron chi connectivity index (χ3n) is 11.3. The molecule has 4 amide bonds. The highest BCUT2D eigenvalue weighted by molar-refractivity contribution is 6.23. The maximum atomic E-state index is 13.1. The van der Waals surface area contributed by atoms with Crippen LogP contribution in [0.15, 0.2) is 73.2 Å². The van der Waals surface area contributed by atoms with Crippen LogP contribution in [0.5, 0.6) is 5.88 Å². The molecule has 14 heteroatoms. The van der Waals surface area contributed by atoms with Crippen molar-refractivity contribution < 1.29 is 38.1 Å². The lowest BCUT2D eigenvalue weighted by Gasteiger charge is -2.41. The van der Waals surface area contributed by atoms with E-state index in [0.717, 1.165) is 64.1 Å². The number of aryl methyl sites for hydroxylation is 1. The zero-order valence-corrected chi connectivity index (χ0v) is 31.0. The fourth-order valence-electron chi connectivity index (χ4n) is 8.06. The summed E-state index contributed by atoms with van der Waals surface area (Å²) >= 11 is 0. The fourth-order valence-corrected chi connectivity index (χ4v) is 8.06. The molecule has 1 N–H and O–H groups in total. The summed E-state index contributed by atoms with van der Waals surface area (Å²) in [5, 5.41) is 4.56. The molecule has 4 aliphatic rings. The van der Waals surface area contributed by atoms with Gasteiger partial charge in [0.05, 0.1) is 55.8 Å². The van der Waals surface area contributed by atoms with E-state index in [4.69, 9.17) is 18.9 Å². The molecule has 1 aliphatic carbocycles. The number of carbonyl (C=O) groups is 4. The van der Waals surface area contributed by atoms with Gasteiger partial charge in [-0.2, -0.15) is 0 Å². The van der Waals surface area contributed by atoms with Gasteiger partial charge >= 0.3 is 0 Å². The lowest BCUT2D eigenvalue weighted by atomic mass is 9.92. The minimum Gasteiger partial charge on any atom is -0.474 e. The summed E-state index contributed by atoms with van der Waals surface area (Å²) in [6.45, 7) is 4.11. The van der Waals surface area contributed by atoms with Crippen LogP contribution in [0.25, 0.3) is 32.9 Å². The van der Waals surface area contributed by atoms with Crippen LogP contribution in [0, 0.1) is 5.92 Å².